The second-order valence-corrected chi connectivity index (χ2v) is 7.49. The zero-order valence-electron chi connectivity index (χ0n) is 13.5. The lowest BCUT2D eigenvalue weighted by Crippen LogP contribution is -2.31. The highest BCUT2D eigenvalue weighted by molar-refractivity contribution is 7.89. The molecule has 0 spiro atoms. The summed E-state index contributed by atoms with van der Waals surface area (Å²) in [5.41, 5.74) is 0.474. The number of anilines is 1. The SMILES string of the molecule is CC(=N)c1cc(C(=O)NS(C)(=O)=O)c(F)cc1NC1CCOCC1.[HH]. The fourth-order valence-electron chi connectivity index (χ4n) is 2.46. The van der Waals surface area contributed by atoms with Gasteiger partial charge in [0, 0.05) is 37.6 Å². The fraction of sp³-hybridized carbons (Fsp3) is 0.467. The normalized spacial score (nSPS) is 15.8. The first-order valence-corrected chi connectivity index (χ1v) is 9.32. The van der Waals surface area contributed by atoms with E-state index in [1.54, 1.807) is 4.72 Å². The Morgan fingerprint density at radius 2 is 1.96 bits per heavy atom. The van der Waals surface area contributed by atoms with Crippen LogP contribution in [-0.4, -0.2) is 45.5 Å². The average Bonchev–Trinajstić information content (AvgIpc) is 2.46. The van der Waals surface area contributed by atoms with E-state index in [0.717, 1.165) is 25.2 Å². The van der Waals surface area contributed by atoms with Gasteiger partial charge < -0.3 is 15.5 Å². The van der Waals surface area contributed by atoms with Crippen LogP contribution in [-0.2, 0) is 14.8 Å². The Morgan fingerprint density at radius 3 is 2.50 bits per heavy atom. The zero-order valence-corrected chi connectivity index (χ0v) is 14.3. The minimum Gasteiger partial charge on any atom is -0.382 e. The summed E-state index contributed by atoms with van der Waals surface area (Å²) in [7, 11) is -3.80. The third-order valence-corrected chi connectivity index (χ3v) is 4.17. The van der Waals surface area contributed by atoms with Gasteiger partial charge in [0.15, 0.2) is 0 Å². The van der Waals surface area contributed by atoms with Gasteiger partial charge >= 0.3 is 0 Å². The fourth-order valence-corrected chi connectivity index (χ4v) is 2.91. The molecule has 7 nitrogen and oxygen atoms in total. The minimum absolute atomic E-state index is 0. The summed E-state index contributed by atoms with van der Waals surface area (Å²) in [6.45, 7) is 2.72. The Hall–Kier alpha value is -2.00. The number of ether oxygens (including phenoxy) is 1. The van der Waals surface area contributed by atoms with Gasteiger partial charge in [0.25, 0.3) is 5.91 Å². The van der Waals surface area contributed by atoms with E-state index in [-0.39, 0.29) is 13.2 Å². The average molecular weight is 359 g/mol. The van der Waals surface area contributed by atoms with Crippen LogP contribution in [0.25, 0.3) is 0 Å². The summed E-state index contributed by atoms with van der Waals surface area (Å²) in [6.07, 6.45) is 2.33. The van der Waals surface area contributed by atoms with Gasteiger partial charge in [-0.25, -0.2) is 17.5 Å². The highest BCUT2D eigenvalue weighted by Gasteiger charge is 2.21. The highest BCUT2D eigenvalue weighted by Crippen LogP contribution is 2.24. The smallest absolute Gasteiger partial charge is 0.267 e. The van der Waals surface area contributed by atoms with Gasteiger partial charge in [0.05, 0.1) is 11.8 Å². The Bertz CT molecular complexity index is 764. The van der Waals surface area contributed by atoms with Gasteiger partial charge in [0.1, 0.15) is 5.82 Å². The summed E-state index contributed by atoms with van der Waals surface area (Å²) >= 11 is 0. The number of benzene rings is 1. The second kappa shape index (κ2) is 7.27. The minimum atomic E-state index is -3.80. The molecule has 0 radical (unpaired) electrons. The topological polar surface area (TPSA) is 108 Å². The number of hydrogen-bond acceptors (Lipinski definition) is 6. The molecule has 0 saturated carbocycles. The van der Waals surface area contributed by atoms with Gasteiger partial charge in [-0.15, -0.1) is 0 Å². The standard InChI is InChI=1S/C15H20FN3O4S.H2/c1-9(17)11-7-12(15(20)19-24(2,21)22)13(16)8-14(11)18-10-3-5-23-6-4-10;/h7-8,10,17-18H,3-6H2,1-2H3,(H,19,20);1H. The molecule has 0 unspecified atom stereocenters. The maximum absolute atomic E-state index is 14.3. The van der Waals surface area contributed by atoms with Crippen molar-refractivity contribution >= 4 is 27.3 Å². The molecule has 1 amide bonds. The van der Waals surface area contributed by atoms with E-state index < -0.39 is 27.3 Å². The molecule has 3 N–H and O–H groups in total. The van der Waals surface area contributed by atoms with Crippen molar-refractivity contribution in [3.05, 3.63) is 29.1 Å². The predicted octanol–water partition coefficient (Wildman–Crippen LogP) is 1.74. The molecule has 0 aliphatic carbocycles. The molecule has 1 heterocycles. The number of nitrogens with one attached hydrogen (secondary N) is 3. The van der Waals surface area contributed by atoms with Crippen LogP contribution in [0.4, 0.5) is 10.1 Å². The van der Waals surface area contributed by atoms with Crippen molar-refractivity contribution in [1.29, 1.82) is 5.41 Å². The quantitative estimate of drug-likeness (QED) is 0.694. The van der Waals surface area contributed by atoms with E-state index in [2.05, 4.69) is 5.32 Å². The Morgan fingerprint density at radius 1 is 1.33 bits per heavy atom. The molecule has 1 aromatic rings. The number of carbonyl (C=O) groups excluding carboxylic acids is 1. The predicted molar refractivity (Wildman–Crippen MR) is 90.8 cm³/mol. The Balaban J connectivity index is 0.00000312. The van der Waals surface area contributed by atoms with E-state index in [1.807, 2.05) is 0 Å². The third-order valence-electron chi connectivity index (χ3n) is 3.61. The second-order valence-electron chi connectivity index (χ2n) is 5.74. The van der Waals surface area contributed by atoms with Gasteiger partial charge in [-0.2, -0.15) is 0 Å². The molecule has 24 heavy (non-hydrogen) atoms. The lowest BCUT2D eigenvalue weighted by atomic mass is 10.0. The summed E-state index contributed by atoms with van der Waals surface area (Å²) in [5.74, 6) is -1.91. The molecular formula is C15H22FN3O4S. The van der Waals surface area contributed by atoms with Crippen molar-refractivity contribution in [2.45, 2.75) is 25.8 Å². The number of sulfonamides is 1. The maximum atomic E-state index is 14.3. The van der Waals surface area contributed by atoms with Crippen LogP contribution in [0.2, 0.25) is 0 Å². The van der Waals surface area contributed by atoms with Crippen molar-refractivity contribution in [3.8, 4) is 0 Å². The molecule has 1 aliphatic rings. The molecule has 134 valence electrons. The molecule has 1 saturated heterocycles. The van der Waals surface area contributed by atoms with Crippen molar-refractivity contribution < 1.29 is 23.8 Å². The molecule has 0 atom stereocenters. The van der Waals surface area contributed by atoms with Crippen molar-refractivity contribution in [2.24, 2.45) is 0 Å². The number of rotatable bonds is 5. The van der Waals surface area contributed by atoms with Gasteiger partial charge in [-0.3, -0.25) is 4.79 Å². The lowest BCUT2D eigenvalue weighted by Gasteiger charge is -2.25. The molecule has 0 aromatic heterocycles. The van der Waals surface area contributed by atoms with E-state index in [1.165, 1.54) is 13.0 Å². The van der Waals surface area contributed by atoms with E-state index >= 15 is 0 Å². The number of carbonyl (C=O) groups is 1. The first-order chi connectivity index (χ1) is 11.2. The largest absolute Gasteiger partial charge is 0.382 e. The molecule has 1 fully saturated rings. The Labute approximate surface area is 141 Å². The first-order valence-electron chi connectivity index (χ1n) is 7.43. The Kier molecular flexibility index (Phi) is 5.55. The van der Waals surface area contributed by atoms with Crippen LogP contribution >= 0.6 is 0 Å². The van der Waals surface area contributed by atoms with Crippen molar-refractivity contribution in [1.82, 2.24) is 4.72 Å². The highest BCUT2D eigenvalue weighted by atomic mass is 32.2. The molecule has 1 aliphatic heterocycles. The summed E-state index contributed by atoms with van der Waals surface area (Å²) < 4.78 is 43.6. The third kappa shape index (κ3) is 4.75. The van der Waals surface area contributed by atoms with Crippen LogP contribution in [0.15, 0.2) is 12.1 Å². The monoisotopic (exact) mass is 359 g/mol. The molecule has 1 aromatic carbocycles. The van der Waals surface area contributed by atoms with E-state index in [0.29, 0.717) is 24.5 Å². The summed E-state index contributed by atoms with van der Waals surface area (Å²) in [4.78, 5) is 11.9. The van der Waals surface area contributed by atoms with Crippen LogP contribution in [0.3, 0.4) is 0 Å². The zero-order chi connectivity index (χ0) is 17.9. The van der Waals surface area contributed by atoms with Crippen LogP contribution in [0.5, 0.6) is 0 Å². The molecule has 2 rings (SSSR count). The molecular weight excluding hydrogens is 337 g/mol. The van der Waals surface area contributed by atoms with Crippen LogP contribution in [0, 0.1) is 11.2 Å². The molecule has 0 bridgehead atoms. The van der Waals surface area contributed by atoms with Crippen LogP contribution < -0.4 is 10.0 Å². The van der Waals surface area contributed by atoms with Crippen LogP contribution in [0.1, 0.15) is 37.1 Å². The number of amides is 1. The van der Waals surface area contributed by atoms with Crippen molar-refractivity contribution in [3.63, 3.8) is 0 Å². The van der Waals surface area contributed by atoms with E-state index in [4.69, 9.17) is 10.1 Å². The number of hydrogen-bond donors (Lipinski definition) is 3. The van der Waals surface area contributed by atoms with Gasteiger partial charge in [-0.1, -0.05) is 0 Å². The maximum Gasteiger partial charge on any atom is 0.267 e. The molecule has 9 heteroatoms. The van der Waals surface area contributed by atoms with Crippen molar-refractivity contribution in [2.75, 3.05) is 24.8 Å². The summed E-state index contributed by atoms with van der Waals surface area (Å²) in [6, 6.07) is 2.41. The van der Waals surface area contributed by atoms with Gasteiger partial charge in [0.2, 0.25) is 10.0 Å². The first kappa shape index (κ1) is 18.3. The van der Waals surface area contributed by atoms with E-state index in [9.17, 15) is 17.6 Å². The van der Waals surface area contributed by atoms with Gasteiger partial charge in [-0.05, 0) is 31.9 Å². The summed E-state index contributed by atoms with van der Waals surface area (Å²) in [5, 5.41) is 11.0. The lowest BCUT2D eigenvalue weighted by molar-refractivity contribution is 0.0904. The number of halogens is 1.